The monoisotopic (exact) mass is 828 g/mol. The number of esters is 1. The van der Waals surface area contributed by atoms with E-state index in [-0.39, 0.29) is 24.9 Å². The Hall–Kier alpha value is -2.18. The van der Waals surface area contributed by atoms with Crippen molar-refractivity contribution in [2.45, 2.75) is 270 Å². The first kappa shape index (κ1) is 56.8. The Morgan fingerprint density at radius 3 is 1.44 bits per heavy atom. The van der Waals surface area contributed by atoms with E-state index in [4.69, 9.17) is 4.74 Å². The van der Waals surface area contributed by atoms with Crippen molar-refractivity contribution in [1.82, 2.24) is 5.32 Å². The minimum absolute atomic E-state index is 0.0571. The smallest absolute Gasteiger partial charge is 0.306 e. The summed E-state index contributed by atoms with van der Waals surface area (Å²) in [4.78, 5) is 26.0. The largest absolute Gasteiger partial charge is 0.462 e. The third-order valence-electron chi connectivity index (χ3n) is 11.4. The summed E-state index contributed by atoms with van der Waals surface area (Å²) in [5.74, 6) is -0.516. The SMILES string of the molecule is CCC/C=C\CCCCCC(CC(=O)NC(CO)C(O)CCCCCCCCCCCCCCCCC)OC(=O)CCCCCC/C=C\C/C=C\C/C=C\CCCCC. The number of carbonyl (C=O) groups is 2. The number of ether oxygens (including phenoxy) is 1. The van der Waals surface area contributed by atoms with Gasteiger partial charge < -0.3 is 20.3 Å². The fraction of sp³-hybridized carbons (Fsp3) is 0.811. The number of hydrogen-bond donors (Lipinski definition) is 3. The lowest BCUT2D eigenvalue weighted by Crippen LogP contribution is -2.46. The molecule has 0 saturated heterocycles. The Kier molecular flexibility index (Phi) is 45.1. The summed E-state index contributed by atoms with van der Waals surface area (Å²) in [6, 6.07) is -0.709. The molecule has 1 amide bonds. The Balaban J connectivity index is 4.45. The number of unbranched alkanes of at least 4 members (excludes halogenated alkanes) is 25. The molecule has 6 heteroatoms. The zero-order chi connectivity index (χ0) is 43.1. The van der Waals surface area contributed by atoms with Crippen LogP contribution in [0.3, 0.4) is 0 Å². The van der Waals surface area contributed by atoms with E-state index in [1.807, 2.05) is 0 Å². The van der Waals surface area contributed by atoms with Crippen molar-refractivity contribution in [3.63, 3.8) is 0 Å². The lowest BCUT2D eigenvalue weighted by atomic mass is 10.0. The van der Waals surface area contributed by atoms with Crippen molar-refractivity contribution < 1.29 is 24.5 Å². The minimum atomic E-state index is -0.794. The Morgan fingerprint density at radius 1 is 0.492 bits per heavy atom. The van der Waals surface area contributed by atoms with Crippen LogP contribution in [-0.4, -0.2) is 46.9 Å². The average Bonchev–Trinajstić information content (AvgIpc) is 3.23. The summed E-state index contributed by atoms with van der Waals surface area (Å²) in [5.41, 5.74) is 0. The topological polar surface area (TPSA) is 95.9 Å². The van der Waals surface area contributed by atoms with Gasteiger partial charge in [0.25, 0.3) is 0 Å². The molecule has 0 aliphatic heterocycles. The first-order valence-corrected chi connectivity index (χ1v) is 25.4. The van der Waals surface area contributed by atoms with E-state index in [0.717, 1.165) is 103 Å². The van der Waals surface area contributed by atoms with Gasteiger partial charge in [-0.3, -0.25) is 9.59 Å². The number of aliphatic hydroxyl groups excluding tert-OH is 2. The van der Waals surface area contributed by atoms with Gasteiger partial charge in [-0.2, -0.15) is 0 Å². The van der Waals surface area contributed by atoms with Crippen LogP contribution in [0.15, 0.2) is 48.6 Å². The summed E-state index contributed by atoms with van der Waals surface area (Å²) in [7, 11) is 0. The van der Waals surface area contributed by atoms with Crippen LogP contribution >= 0.6 is 0 Å². The molecule has 0 aromatic heterocycles. The lowest BCUT2D eigenvalue weighted by molar-refractivity contribution is -0.151. The van der Waals surface area contributed by atoms with Gasteiger partial charge in [0.2, 0.25) is 5.91 Å². The third kappa shape index (κ3) is 42.3. The van der Waals surface area contributed by atoms with Crippen molar-refractivity contribution in [1.29, 1.82) is 0 Å². The maximum atomic E-state index is 13.1. The summed E-state index contributed by atoms with van der Waals surface area (Å²) in [5, 5.41) is 23.7. The van der Waals surface area contributed by atoms with E-state index in [1.165, 1.54) is 103 Å². The van der Waals surface area contributed by atoms with Crippen molar-refractivity contribution in [2.24, 2.45) is 0 Å². The van der Waals surface area contributed by atoms with E-state index >= 15 is 0 Å². The summed E-state index contributed by atoms with van der Waals surface area (Å²) < 4.78 is 5.89. The summed E-state index contributed by atoms with van der Waals surface area (Å²) in [6.45, 7) is 6.38. The van der Waals surface area contributed by atoms with Crippen LogP contribution in [0.1, 0.15) is 252 Å². The van der Waals surface area contributed by atoms with Crippen LogP contribution in [0.2, 0.25) is 0 Å². The van der Waals surface area contributed by atoms with Crippen LogP contribution in [0.5, 0.6) is 0 Å². The fourth-order valence-electron chi connectivity index (χ4n) is 7.50. The van der Waals surface area contributed by atoms with E-state index < -0.39 is 18.2 Å². The maximum Gasteiger partial charge on any atom is 0.306 e. The third-order valence-corrected chi connectivity index (χ3v) is 11.4. The first-order chi connectivity index (χ1) is 29.0. The Morgan fingerprint density at radius 2 is 0.898 bits per heavy atom. The zero-order valence-corrected chi connectivity index (χ0v) is 39.1. The number of allylic oxidation sites excluding steroid dienone is 8. The highest BCUT2D eigenvalue weighted by Gasteiger charge is 2.24. The van der Waals surface area contributed by atoms with Crippen LogP contribution in [-0.2, 0) is 14.3 Å². The number of hydrogen-bond acceptors (Lipinski definition) is 5. The van der Waals surface area contributed by atoms with Crippen molar-refractivity contribution in [2.75, 3.05) is 6.61 Å². The van der Waals surface area contributed by atoms with Gasteiger partial charge in [0, 0.05) is 6.42 Å². The Labute approximate surface area is 366 Å². The van der Waals surface area contributed by atoms with Crippen molar-refractivity contribution in [3.05, 3.63) is 48.6 Å². The van der Waals surface area contributed by atoms with E-state index in [1.54, 1.807) is 0 Å². The molecule has 0 rings (SSSR count). The van der Waals surface area contributed by atoms with Crippen molar-refractivity contribution in [3.8, 4) is 0 Å². The number of carbonyl (C=O) groups excluding carboxylic acids is 2. The van der Waals surface area contributed by atoms with Gasteiger partial charge in [0.15, 0.2) is 0 Å². The van der Waals surface area contributed by atoms with Gasteiger partial charge in [-0.15, -0.1) is 0 Å². The molecular weight excluding hydrogens is 731 g/mol. The second kappa shape index (κ2) is 46.9. The fourth-order valence-corrected chi connectivity index (χ4v) is 7.50. The zero-order valence-electron chi connectivity index (χ0n) is 39.1. The van der Waals surface area contributed by atoms with E-state index in [9.17, 15) is 19.8 Å². The highest BCUT2D eigenvalue weighted by molar-refractivity contribution is 5.77. The van der Waals surface area contributed by atoms with E-state index in [0.29, 0.717) is 19.3 Å². The highest BCUT2D eigenvalue weighted by Crippen LogP contribution is 2.17. The van der Waals surface area contributed by atoms with Gasteiger partial charge in [-0.25, -0.2) is 0 Å². The maximum absolute atomic E-state index is 13.1. The van der Waals surface area contributed by atoms with Crippen LogP contribution in [0, 0.1) is 0 Å². The van der Waals surface area contributed by atoms with Crippen LogP contribution < -0.4 is 5.32 Å². The lowest BCUT2D eigenvalue weighted by Gasteiger charge is -2.24. The molecule has 0 radical (unpaired) electrons. The number of nitrogens with one attached hydrogen (secondary N) is 1. The number of amides is 1. The molecule has 0 saturated carbocycles. The van der Waals surface area contributed by atoms with Gasteiger partial charge >= 0.3 is 5.97 Å². The molecule has 344 valence electrons. The quantitative estimate of drug-likeness (QED) is 0.0323. The molecule has 0 aliphatic carbocycles. The van der Waals surface area contributed by atoms with Crippen LogP contribution in [0.25, 0.3) is 0 Å². The highest BCUT2D eigenvalue weighted by atomic mass is 16.5. The van der Waals surface area contributed by atoms with Gasteiger partial charge in [-0.1, -0.05) is 204 Å². The van der Waals surface area contributed by atoms with Crippen LogP contribution in [0.4, 0.5) is 0 Å². The minimum Gasteiger partial charge on any atom is -0.462 e. The van der Waals surface area contributed by atoms with Gasteiger partial charge in [0.1, 0.15) is 6.10 Å². The molecule has 0 spiro atoms. The molecular formula is C53H97NO5. The molecule has 0 aromatic carbocycles. The second-order valence-corrected chi connectivity index (χ2v) is 17.2. The average molecular weight is 828 g/mol. The van der Waals surface area contributed by atoms with E-state index in [2.05, 4.69) is 74.7 Å². The molecule has 3 atom stereocenters. The molecule has 0 aromatic rings. The number of aliphatic hydroxyl groups is 2. The molecule has 0 aliphatic rings. The van der Waals surface area contributed by atoms with Crippen molar-refractivity contribution >= 4 is 11.9 Å². The number of rotatable bonds is 45. The molecule has 0 heterocycles. The second-order valence-electron chi connectivity index (χ2n) is 17.2. The summed E-state index contributed by atoms with van der Waals surface area (Å²) in [6.07, 6.45) is 56.1. The molecule has 0 fully saturated rings. The molecule has 3 N–H and O–H groups in total. The Bertz CT molecular complexity index is 1020. The normalized spacial score (nSPS) is 13.6. The standard InChI is InChI=1S/C53H97NO5/c1-4-7-10-13-16-19-21-23-25-26-28-30-32-34-37-40-43-46-53(58)59-49(44-41-38-35-18-15-12-9-6-3)47-52(57)54-50(48-55)51(56)45-42-39-36-33-31-29-27-24-22-20-17-14-11-8-5-2/h12,15-16,19,23,25,28,30,49-51,55-56H,4-11,13-14,17-18,20-22,24,26-27,29,31-48H2,1-3H3,(H,54,57)/b15-12-,19-16-,25-23-,30-28-. The predicted octanol–water partition coefficient (Wildman–Crippen LogP) is 15.1. The predicted molar refractivity (Wildman–Crippen MR) is 255 cm³/mol. The molecule has 0 bridgehead atoms. The van der Waals surface area contributed by atoms with Gasteiger partial charge in [0.05, 0.1) is 25.2 Å². The first-order valence-electron chi connectivity index (χ1n) is 25.4. The molecule has 6 nitrogen and oxygen atoms in total. The summed E-state index contributed by atoms with van der Waals surface area (Å²) >= 11 is 0. The molecule has 3 unspecified atom stereocenters. The molecule has 59 heavy (non-hydrogen) atoms. The van der Waals surface area contributed by atoms with Gasteiger partial charge in [-0.05, 0) is 83.5 Å².